The van der Waals surface area contributed by atoms with E-state index >= 15 is 0 Å². The van der Waals surface area contributed by atoms with Crippen molar-refractivity contribution in [1.29, 1.82) is 0 Å². The highest BCUT2D eigenvalue weighted by atomic mass is 16.7. The number of carbonyl (C=O) groups excluding carboxylic acids is 1. The third-order valence-electron chi connectivity index (χ3n) is 5.72. The van der Waals surface area contributed by atoms with Gasteiger partial charge in [-0.3, -0.25) is 4.79 Å². The van der Waals surface area contributed by atoms with Crippen LogP contribution in [0.25, 0.3) is 6.08 Å². The summed E-state index contributed by atoms with van der Waals surface area (Å²) in [4.78, 5) is 12.3. The van der Waals surface area contributed by atoms with Gasteiger partial charge in [-0.05, 0) is 23.8 Å². The topological polar surface area (TPSA) is 239 Å². The molecule has 14 heteroatoms. The van der Waals surface area contributed by atoms with Crippen LogP contribution in [-0.2, 0) is 19.0 Å². The Morgan fingerprint density at radius 2 is 1.57 bits per heavy atom. The lowest BCUT2D eigenvalue weighted by atomic mass is 9.96. The van der Waals surface area contributed by atoms with E-state index in [1.165, 1.54) is 24.3 Å². The van der Waals surface area contributed by atoms with Crippen LogP contribution in [0.3, 0.4) is 0 Å². The molecule has 2 aliphatic heterocycles. The number of aliphatic hydroxyl groups excluding tert-OH is 7. The maximum atomic E-state index is 12.3. The van der Waals surface area contributed by atoms with Gasteiger partial charge in [-0.15, -0.1) is 0 Å². The Labute approximate surface area is 198 Å². The number of carbonyl (C=O) groups is 1. The normalized spacial score (nSPS) is 37.9. The number of aliphatic hydroxyl groups is 7. The summed E-state index contributed by atoms with van der Waals surface area (Å²) in [6.45, 7) is -1.47. The van der Waals surface area contributed by atoms with Crippen molar-refractivity contribution in [3.8, 4) is 11.5 Å². The number of benzene rings is 1. The second-order valence-electron chi connectivity index (χ2n) is 8.15. The predicted molar refractivity (Wildman–Crippen MR) is 113 cm³/mol. The fraction of sp³-hybridized carbons (Fsp3) is 0.571. The van der Waals surface area contributed by atoms with Crippen LogP contribution >= 0.6 is 0 Å². The molecule has 0 spiro atoms. The number of rotatable bonds is 7. The van der Waals surface area contributed by atoms with E-state index in [4.69, 9.17) is 14.2 Å². The van der Waals surface area contributed by atoms with Crippen LogP contribution in [0.15, 0.2) is 24.3 Å². The molecule has 10 atom stereocenters. The third-order valence-corrected chi connectivity index (χ3v) is 5.72. The Bertz CT molecular complexity index is 894. The molecule has 2 saturated heterocycles. The summed E-state index contributed by atoms with van der Waals surface area (Å²) in [5.41, 5.74) is 0.377. The first-order valence-electron chi connectivity index (χ1n) is 10.7. The average molecular weight is 503 g/mol. The Balaban J connectivity index is 1.65. The number of hydrogen-bond acceptors (Lipinski definition) is 13. The van der Waals surface area contributed by atoms with Crippen molar-refractivity contribution >= 4 is 12.0 Å². The van der Waals surface area contributed by atoms with Gasteiger partial charge in [0.1, 0.15) is 48.8 Å². The second kappa shape index (κ2) is 11.6. The van der Waals surface area contributed by atoms with Crippen molar-refractivity contribution in [2.24, 2.45) is 0 Å². The number of amides is 1. The van der Waals surface area contributed by atoms with Gasteiger partial charge in [-0.25, -0.2) is 0 Å². The fourth-order valence-corrected chi connectivity index (χ4v) is 3.71. The molecule has 10 N–H and O–H groups in total. The summed E-state index contributed by atoms with van der Waals surface area (Å²) in [6, 6.07) is 3.85. The highest BCUT2D eigenvalue weighted by Gasteiger charge is 2.50. The maximum Gasteiger partial charge on any atom is 0.246 e. The molecule has 1 amide bonds. The summed E-state index contributed by atoms with van der Waals surface area (Å²) >= 11 is 0. The number of phenols is 2. The number of nitrogens with one attached hydrogen (secondary N) is 1. The molecule has 35 heavy (non-hydrogen) atoms. The van der Waals surface area contributed by atoms with Crippen LogP contribution in [0.4, 0.5) is 0 Å². The number of ether oxygens (including phenoxy) is 3. The standard InChI is InChI=1S/C21H29NO13/c23-6-11-14(28)15(29)18(32)21(34-11)35-19-12(7-24)33-20(17(31)16(19)30)22-13(27)4-2-8-1-3-9(25)10(26)5-8/h1-5,11-12,14-21,23-26,28-32H,6-7H2,(H,22,27)/b4-2+/t11-,12-,14-,15+,16-,17-,18-,19-,20-,21-/m1/s1. The van der Waals surface area contributed by atoms with Crippen LogP contribution in [0.1, 0.15) is 5.56 Å². The molecule has 14 nitrogen and oxygen atoms in total. The average Bonchev–Trinajstić information content (AvgIpc) is 2.84. The van der Waals surface area contributed by atoms with E-state index in [1.54, 1.807) is 0 Å². The molecule has 2 fully saturated rings. The minimum absolute atomic E-state index is 0.338. The van der Waals surface area contributed by atoms with Crippen molar-refractivity contribution in [3.05, 3.63) is 29.8 Å². The van der Waals surface area contributed by atoms with Gasteiger partial charge in [-0.1, -0.05) is 6.07 Å². The van der Waals surface area contributed by atoms with Gasteiger partial charge < -0.3 is 65.5 Å². The quantitative estimate of drug-likeness (QED) is 0.126. The molecule has 0 saturated carbocycles. The highest BCUT2D eigenvalue weighted by Crippen LogP contribution is 2.29. The molecule has 0 unspecified atom stereocenters. The zero-order chi connectivity index (χ0) is 25.9. The fourth-order valence-electron chi connectivity index (χ4n) is 3.71. The van der Waals surface area contributed by atoms with E-state index < -0.39 is 86.2 Å². The lowest BCUT2D eigenvalue weighted by Gasteiger charge is -2.46. The van der Waals surface area contributed by atoms with Crippen molar-refractivity contribution in [2.75, 3.05) is 13.2 Å². The molecule has 0 aromatic heterocycles. The zero-order valence-corrected chi connectivity index (χ0v) is 18.2. The molecule has 1 aromatic carbocycles. The summed E-state index contributed by atoms with van der Waals surface area (Å²) in [5, 5.41) is 91.0. The maximum absolute atomic E-state index is 12.3. The van der Waals surface area contributed by atoms with Crippen molar-refractivity contribution in [1.82, 2.24) is 5.32 Å². The van der Waals surface area contributed by atoms with Gasteiger partial charge >= 0.3 is 0 Å². The van der Waals surface area contributed by atoms with Gasteiger partial charge in [0.05, 0.1) is 13.2 Å². The SMILES string of the molecule is O=C(/C=C/c1ccc(O)c(O)c1)N[C@@H]1O[C@H](CO)[C@@H](O[C@H]2O[C@H](CO)[C@@H](O)[C@H](O)[C@H]2O)[C@H](O)[C@H]1O. The van der Waals surface area contributed by atoms with Crippen LogP contribution in [0.5, 0.6) is 11.5 Å². The van der Waals surface area contributed by atoms with Crippen molar-refractivity contribution in [2.45, 2.75) is 61.3 Å². The van der Waals surface area contributed by atoms with Gasteiger partial charge in [0.2, 0.25) is 5.91 Å². The first-order chi connectivity index (χ1) is 16.6. The van der Waals surface area contributed by atoms with Crippen LogP contribution in [-0.4, -0.2) is 126 Å². The van der Waals surface area contributed by atoms with E-state index in [0.29, 0.717) is 5.56 Å². The molecular weight excluding hydrogens is 474 g/mol. The first-order valence-corrected chi connectivity index (χ1v) is 10.7. The number of phenolic OH excluding ortho intramolecular Hbond substituents is 2. The van der Waals surface area contributed by atoms with E-state index in [2.05, 4.69) is 5.32 Å². The molecule has 196 valence electrons. The molecule has 0 radical (unpaired) electrons. The largest absolute Gasteiger partial charge is 0.504 e. The van der Waals surface area contributed by atoms with Crippen molar-refractivity contribution < 1.29 is 65.0 Å². The van der Waals surface area contributed by atoms with Crippen LogP contribution in [0, 0.1) is 0 Å². The Morgan fingerprint density at radius 1 is 0.886 bits per heavy atom. The van der Waals surface area contributed by atoms with E-state index in [9.17, 15) is 50.8 Å². The number of aromatic hydroxyl groups is 2. The Hall–Kier alpha value is -2.37. The van der Waals surface area contributed by atoms with Crippen LogP contribution in [0.2, 0.25) is 0 Å². The second-order valence-corrected chi connectivity index (χ2v) is 8.15. The molecule has 0 bridgehead atoms. The van der Waals surface area contributed by atoms with Gasteiger partial charge in [-0.2, -0.15) is 0 Å². The summed E-state index contributed by atoms with van der Waals surface area (Å²) in [6.07, 6.45) is -13.6. The summed E-state index contributed by atoms with van der Waals surface area (Å²) < 4.78 is 16.1. The predicted octanol–water partition coefficient (Wildman–Crippen LogP) is -4.15. The molecular formula is C21H29NO13. The minimum atomic E-state index is -1.79. The van der Waals surface area contributed by atoms with E-state index in [1.807, 2.05) is 0 Å². The van der Waals surface area contributed by atoms with E-state index in [-0.39, 0.29) is 5.75 Å². The number of hydrogen-bond donors (Lipinski definition) is 10. The third kappa shape index (κ3) is 6.07. The molecule has 1 aromatic rings. The summed E-state index contributed by atoms with van der Waals surface area (Å²) in [5.74, 6) is -1.49. The van der Waals surface area contributed by atoms with Gasteiger partial charge in [0.15, 0.2) is 24.0 Å². The molecule has 0 aliphatic carbocycles. The smallest absolute Gasteiger partial charge is 0.246 e. The van der Waals surface area contributed by atoms with Crippen molar-refractivity contribution in [3.63, 3.8) is 0 Å². The van der Waals surface area contributed by atoms with Crippen LogP contribution < -0.4 is 5.32 Å². The Morgan fingerprint density at radius 3 is 2.20 bits per heavy atom. The Kier molecular flexibility index (Phi) is 9.00. The first kappa shape index (κ1) is 27.2. The molecule has 3 rings (SSSR count). The van der Waals surface area contributed by atoms with E-state index in [0.717, 1.165) is 6.08 Å². The minimum Gasteiger partial charge on any atom is -0.504 e. The highest BCUT2D eigenvalue weighted by molar-refractivity contribution is 5.92. The van der Waals surface area contributed by atoms with Gasteiger partial charge in [0, 0.05) is 6.08 Å². The lowest BCUT2D eigenvalue weighted by molar-refractivity contribution is -0.343. The monoisotopic (exact) mass is 503 g/mol. The zero-order valence-electron chi connectivity index (χ0n) is 18.2. The molecule has 2 aliphatic rings. The van der Waals surface area contributed by atoms with Gasteiger partial charge in [0.25, 0.3) is 0 Å². The lowest BCUT2D eigenvalue weighted by Crippen LogP contribution is -2.66. The summed E-state index contributed by atoms with van der Waals surface area (Å²) in [7, 11) is 0. The molecule has 2 heterocycles.